The third kappa shape index (κ3) is 4.52. The number of rotatable bonds is 4. The molecule has 0 bridgehead atoms. The first-order chi connectivity index (χ1) is 8.72. The van der Waals surface area contributed by atoms with Gasteiger partial charge >= 0.3 is 12.1 Å². The first-order valence-corrected chi connectivity index (χ1v) is 6.06. The standard InChI is InChI=1S/C10H9F3O5S/c11-10(12,13)4-5-18-8-6(9(14)15)2-1-3-7(8)19(16)17/h1-3,8H,4-5H2,(H,14,15). The van der Waals surface area contributed by atoms with Crippen LogP contribution in [0.1, 0.15) is 6.42 Å². The van der Waals surface area contributed by atoms with E-state index in [9.17, 15) is 26.4 Å². The first kappa shape index (κ1) is 15.4. The molecule has 1 N–H and O–H groups in total. The lowest BCUT2D eigenvalue weighted by Gasteiger charge is -2.20. The zero-order valence-electron chi connectivity index (χ0n) is 9.35. The van der Waals surface area contributed by atoms with Gasteiger partial charge in [-0.3, -0.25) is 0 Å². The van der Waals surface area contributed by atoms with Gasteiger partial charge in [0.2, 0.25) is 10.3 Å². The Kier molecular flexibility index (Phi) is 4.90. The second kappa shape index (κ2) is 6.02. The minimum Gasteiger partial charge on any atom is -0.478 e. The van der Waals surface area contributed by atoms with Crippen molar-refractivity contribution in [3.63, 3.8) is 0 Å². The smallest absolute Gasteiger partial charge is 0.391 e. The van der Waals surface area contributed by atoms with E-state index in [2.05, 4.69) is 0 Å². The van der Waals surface area contributed by atoms with E-state index in [1.807, 2.05) is 0 Å². The lowest BCUT2D eigenvalue weighted by Crippen LogP contribution is -2.32. The molecule has 9 heteroatoms. The van der Waals surface area contributed by atoms with Gasteiger partial charge in [0, 0.05) is 0 Å². The average Bonchev–Trinajstić information content (AvgIpc) is 2.26. The topological polar surface area (TPSA) is 80.7 Å². The fourth-order valence-electron chi connectivity index (χ4n) is 1.37. The van der Waals surface area contributed by atoms with E-state index in [0.717, 1.165) is 12.2 Å². The molecule has 0 amide bonds. The highest BCUT2D eigenvalue weighted by Gasteiger charge is 2.31. The molecule has 0 aromatic carbocycles. The van der Waals surface area contributed by atoms with E-state index in [-0.39, 0.29) is 0 Å². The molecule has 0 spiro atoms. The highest BCUT2D eigenvalue weighted by Crippen LogP contribution is 2.21. The maximum Gasteiger partial charge on any atom is 0.391 e. The second-order valence-corrected chi connectivity index (χ2v) is 4.48. The normalized spacial score (nSPS) is 19.2. The molecule has 5 nitrogen and oxygen atoms in total. The molecule has 0 aromatic rings. The summed E-state index contributed by atoms with van der Waals surface area (Å²) in [6.45, 7) is -0.826. The Balaban J connectivity index is 2.91. The number of allylic oxidation sites excluding steroid dienone is 2. The Bertz CT molecular complexity index is 548. The van der Waals surface area contributed by atoms with Gasteiger partial charge in [0.15, 0.2) is 0 Å². The predicted molar refractivity (Wildman–Crippen MR) is 59.2 cm³/mol. The lowest BCUT2D eigenvalue weighted by molar-refractivity contribution is -0.146. The summed E-state index contributed by atoms with van der Waals surface area (Å²) >= 11 is 0. The maximum absolute atomic E-state index is 12.0. The number of ether oxygens (including phenoxy) is 1. The number of carboxylic acids is 1. The van der Waals surface area contributed by atoms with Crippen molar-refractivity contribution in [1.29, 1.82) is 0 Å². The largest absolute Gasteiger partial charge is 0.478 e. The van der Waals surface area contributed by atoms with E-state index in [1.165, 1.54) is 6.08 Å². The summed E-state index contributed by atoms with van der Waals surface area (Å²) in [7, 11) is -2.77. The summed E-state index contributed by atoms with van der Waals surface area (Å²) in [5.41, 5.74) is -0.427. The Hall–Kier alpha value is -1.61. The molecule has 0 aliphatic heterocycles. The molecule has 1 aliphatic rings. The second-order valence-electron chi connectivity index (χ2n) is 3.54. The van der Waals surface area contributed by atoms with E-state index in [1.54, 1.807) is 0 Å². The van der Waals surface area contributed by atoms with Crippen molar-refractivity contribution in [3.8, 4) is 0 Å². The summed E-state index contributed by atoms with van der Waals surface area (Å²) in [5.74, 6) is -1.45. The summed E-state index contributed by atoms with van der Waals surface area (Å²) in [6.07, 6.45) is -3.95. The van der Waals surface area contributed by atoms with Gasteiger partial charge in [0.25, 0.3) is 0 Å². The van der Waals surface area contributed by atoms with Crippen LogP contribution in [-0.4, -0.2) is 43.2 Å². The Morgan fingerprint density at radius 2 is 2.05 bits per heavy atom. The summed E-state index contributed by atoms with van der Waals surface area (Å²) in [5, 5.41) is 8.85. The van der Waals surface area contributed by atoms with E-state index in [4.69, 9.17) is 9.84 Å². The summed E-state index contributed by atoms with van der Waals surface area (Å²) in [6, 6.07) is 0. The van der Waals surface area contributed by atoms with Crippen molar-refractivity contribution in [3.05, 3.63) is 23.8 Å². The van der Waals surface area contributed by atoms with E-state index in [0.29, 0.717) is 0 Å². The molecule has 0 fully saturated rings. The van der Waals surface area contributed by atoms with Crippen molar-refractivity contribution >= 4 is 21.1 Å². The Morgan fingerprint density at radius 3 is 2.53 bits per heavy atom. The van der Waals surface area contributed by atoms with Crippen molar-refractivity contribution in [1.82, 2.24) is 0 Å². The molecular formula is C10H9F3O5S. The fraction of sp³-hybridized carbons (Fsp3) is 0.400. The minimum absolute atomic E-state index is 0.415. The van der Waals surface area contributed by atoms with Crippen LogP contribution in [0, 0.1) is 0 Å². The molecule has 1 rings (SSSR count). The van der Waals surface area contributed by atoms with Gasteiger partial charge in [0.05, 0.1) is 18.6 Å². The van der Waals surface area contributed by atoms with Crippen molar-refractivity contribution < 1.29 is 36.2 Å². The predicted octanol–water partition coefficient (Wildman–Crippen LogP) is 0.956. The highest BCUT2D eigenvalue weighted by atomic mass is 32.2. The van der Waals surface area contributed by atoms with E-state index < -0.39 is 52.0 Å². The zero-order chi connectivity index (χ0) is 14.6. The molecule has 0 radical (unpaired) electrons. The van der Waals surface area contributed by atoms with E-state index >= 15 is 0 Å². The molecule has 1 aliphatic carbocycles. The number of carbonyl (C=O) groups is 1. The Morgan fingerprint density at radius 1 is 1.42 bits per heavy atom. The van der Waals surface area contributed by atoms with Gasteiger partial charge in [-0.05, 0) is 12.2 Å². The lowest BCUT2D eigenvalue weighted by atomic mass is 10.0. The number of hydrogen-bond donors (Lipinski definition) is 1. The number of aliphatic carboxylic acids is 1. The summed E-state index contributed by atoms with van der Waals surface area (Å²) in [4.78, 5) is 10.5. The molecule has 0 aromatic heterocycles. The highest BCUT2D eigenvalue weighted by molar-refractivity contribution is 7.73. The van der Waals surface area contributed by atoms with Gasteiger partial charge in [-0.25, -0.2) is 4.79 Å². The van der Waals surface area contributed by atoms with Crippen molar-refractivity contribution in [2.45, 2.75) is 18.7 Å². The molecule has 106 valence electrons. The van der Waals surface area contributed by atoms with Crippen LogP contribution in [-0.2, 0) is 19.8 Å². The molecule has 1 atom stereocenters. The average molecular weight is 298 g/mol. The third-order valence-electron chi connectivity index (χ3n) is 2.19. The number of halogens is 3. The molecule has 0 saturated carbocycles. The van der Waals surface area contributed by atoms with Crippen LogP contribution < -0.4 is 0 Å². The molecular weight excluding hydrogens is 289 g/mol. The first-order valence-electron chi connectivity index (χ1n) is 4.98. The molecule has 19 heavy (non-hydrogen) atoms. The van der Waals surface area contributed by atoms with Crippen LogP contribution in [0.25, 0.3) is 0 Å². The molecule has 1 unspecified atom stereocenters. The van der Waals surface area contributed by atoms with Crippen LogP contribution in [0.4, 0.5) is 13.2 Å². The zero-order valence-corrected chi connectivity index (χ0v) is 10.2. The number of alkyl halides is 3. The minimum atomic E-state index is -4.46. The number of hydrogen-bond acceptors (Lipinski definition) is 4. The van der Waals surface area contributed by atoms with Crippen molar-refractivity contribution in [2.24, 2.45) is 0 Å². The van der Waals surface area contributed by atoms with Crippen LogP contribution in [0.15, 0.2) is 23.8 Å². The Labute approximate surface area is 107 Å². The maximum atomic E-state index is 12.0. The van der Waals surface area contributed by atoms with Gasteiger partial charge in [-0.1, -0.05) is 6.08 Å². The fourth-order valence-corrected chi connectivity index (χ4v) is 1.92. The van der Waals surface area contributed by atoms with Crippen LogP contribution in [0.2, 0.25) is 0 Å². The van der Waals surface area contributed by atoms with Gasteiger partial charge in [-0.2, -0.15) is 21.6 Å². The van der Waals surface area contributed by atoms with Crippen molar-refractivity contribution in [2.75, 3.05) is 6.61 Å². The van der Waals surface area contributed by atoms with Gasteiger partial charge < -0.3 is 9.84 Å². The third-order valence-corrected chi connectivity index (χ3v) is 2.92. The summed E-state index contributed by atoms with van der Waals surface area (Å²) < 4.78 is 62.4. The number of carboxylic acid groups (broad SMARTS) is 1. The molecule has 0 saturated heterocycles. The monoisotopic (exact) mass is 298 g/mol. The van der Waals surface area contributed by atoms with Gasteiger partial charge in [-0.15, -0.1) is 0 Å². The van der Waals surface area contributed by atoms with Gasteiger partial charge in [0.1, 0.15) is 11.0 Å². The van der Waals surface area contributed by atoms with Crippen LogP contribution in [0.5, 0.6) is 0 Å². The molecule has 0 heterocycles. The SMILES string of the molecule is O=C(O)C1=CC=CC(=S(=O)=O)C1OCCC(F)(F)F. The van der Waals surface area contributed by atoms with Crippen LogP contribution in [0.3, 0.4) is 0 Å². The van der Waals surface area contributed by atoms with Crippen LogP contribution >= 0.6 is 0 Å². The quantitative estimate of drug-likeness (QED) is 0.782.